The molecule has 0 saturated carbocycles. The van der Waals surface area contributed by atoms with E-state index in [-0.39, 0.29) is 24.4 Å². The van der Waals surface area contributed by atoms with Crippen molar-refractivity contribution in [3.05, 3.63) is 70.3 Å². The molecule has 24 heavy (non-hydrogen) atoms. The Hall–Kier alpha value is -2.93. The molecule has 1 aromatic heterocycles. The van der Waals surface area contributed by atoms with Crippen LogP contribution in [-0.2, 0) is 17.8 Å². The van der Waals surface area contributed by atoms with Gasteiger partial charge < -0.3 is 5.73 Å². The third-order valence-corrected chi connectivity index (χ3v) is 3.80. The first-order valence-electron chi connectivity index (χ1n) is 7.65. The van der Waals surface area contributed by atoms with Crippen molar-refractivity contribution in [2.75, 3.05) is 5.43 Å². The Morgan fingerprint density at radius 1 is 1.17 bits per heavy atom. The summed E-state index contributed by atoms with van der Waals surface area (Å²) in [6.45, 7) is 0.0468. The molecule has 0 saturated heterocycles. The van der Waals surface area contributed by atoms with Crippen molar-refractivity contribution in [2.24, 2.45) is 5.73 Å². The molecule has 120 valence electrons. The van der Waals surface area contributed by atoms with E-state index in [2.05, 4.69) is 10.4 Å². The molecule has 3 rings (SSSR count). The largest absolute Gasteiger partial charge is 0.324 e. The first kappa shape index (κ1) is 16.0. The highest BCUT2D eigenvalue weighted by molar-refractivity contribution is 6.38. The minimum Gasteiger partial charge on any atom is -0.324 e. The van der Waals surface area contributed by atoms with Crippen LogP contribution in [0.25, 0.3) is 10.9 Å². The highest BCUT2D eigenvalue weighted by Gasteiger charge is 2.13. The van der Waals surface area contributed by atoms with Crippen molar-refractivity contribution in [2.45, 2.75) is 13.0 Å². The zero-order chi connectivity index (χ0) is 17.1. The minimum atomic E-state index is -0.328. The monoisotopic (exact) mass is 320 g/mol. The van der Waals surface area contributed by atoms with Gasteiger partial charge >= 0.3 is 0 Å². The molecule has 0 atom stereocenters. The molecule has 1 amide bonds. The molecule has 0 aliphatic rings. The van der Waals surface area contributed by atoms with E-state index in [0.29, 0.717) is 16.7 Å². The Bertz CT molecular complexity index is 954. The second-order valence-corrected chi connectivity index (χ2v) is 5.54. The average Bonchev–Trinajstić information content (AvgIpc) is 2.58. The lowest BCUT2D eigenvalue weighted by Crippen LogP contribution is -2.38. The van der Waals surface area contributed by atoms with Crippen molar-refractivity contribution >= 4 is 30.1 Å². The first-order valence-corrected chi connectivity index (χ1v) is 7.65. The van der Waals surface area contributed by atoms with Crippen molar-refractivity contribution in [1.29, 1.82) is 0 Å². The van der Waals surface area contributed by atoms with Gasteiger partial charge in [0.05, 0.1) is 23.9 Å². The lowest BCUT2D eigenvalue weighted by molar-refractivity contribution is -0.116. The summed E-state index contributed by atoms with van der Waals surface area (Å²) in [4.78, 5) is 29.4. The van der Waals surface area contributed by atoms with E-state index in [1.165, 1.54) is 0 Å². The van der Waals surface area contributed by atoms with Gasteiger partial charge in [0.15, 0.2) is 0 Å². The molecule has 3 aromatic rings. The van der Waals surface area contributed by atoms with Crippen molar-refractivity contribution < 1.29 is 4.79 Å². The summed E-state index contributed by atoms with van der Waals surface area (Å²) >= 11 is 0. The number of hydrogen-bond donors (Lipinski definition) is 2. The number of amides is 1. The zero-order valence-electron chi connectivity index (χ0n) is 13.3. The molecule has 6 nitrogen and oxygen atoms in total. The fourth-order valence-electron chi connectivity index (χ4n) is 2.59. The Kier molecular flexibility index (Phi) is 4.44. The molecule has 0 radical (unpaired) electrons. The van der Waals surface area contributed by atoms with Crippen LogP contribution < -0.4 is 22.2 Å². The van der Waals surface area contributed by atoms with Gasteiger partial charge in [-0.15, -0.1) is 0 Å². The highest BCUT2D eigenvalue weighted by Crippen LogP contribution is 2.05. The number of carbonyl (C=O) groups excluding carboxylic acids is 1. The van der Waals surface area contributed by atoms with Crippen LogP contribution in [-0.4, -0.2) is 23.4 Å². The van der Waals surface area contributed by atoms with E-state index >= 15 is 0 Å². The number of nitrogens with one attached hydrogen (secondary N) is 1. The van der Waals surface area contributed by atoms with Crippen LogP contribution in [0.1, 0.15) is 11.4 Å². The van der Waals surface area contributed by atoms with Crippen LogP contribution in [0.4, 0.5) is 0 Å². The lowest BCUT2D eigenvalue weighted by atomic mass is 9.93. The Morgan fingerprint density at radius 3 is 2.62 bits per heavy atom. The normalized spacial score (nSPS) is 10.7. The van der Waals surface area contributed by atoms with Gasteiger partial charge in [-0.3, -0.25) is 15.0 Å². The lowest BCUT2D eigenvalue weighted by Gasteiger charge is -2.14. The fraction of sp³-hybridized carbons (Fsp3) is 0.118. The molecule has 1 heterocycles. The molecule has 7 heteroatoms. The number of para-hydroxylation sites is 1. The van der Waals surface area contributed by atoms with Crippen LogP contribution >= 0.6 is 0 Å². The molecule has 0 unspecified atom stereocenters. The van der Waals surface area contributed by atoms with Crippen molar-refractivity contribution in [3.8, 4) is 0 Å². The van der Waals surface area contributed by atoms with Crippen LogP contribution in [0, 0.1) is 0 Å². The number of carbonyl (C=O) groups is 1. The average molecular weight is 320 g/mol. The Morgan fingerprint density at radius 2 is 1.92 bits per heavy atom. The third-order valence-electron chi connectivity index (χ3n) is 3.80. The standard InChI is InChI=1S/C17H17BN4O2/c18-13-8-4-7-12-16(13)20-14(10-19)22(17(12)24)21-15(23)9-11-5-2-1-3-6-11/h1-8H,9-10,18-19H2,(H,21,23). The molecule has 2 aromatic carbocycles. The molecule has 0 fully saturated rings. The molecule has 0 spiro atoms. The Labute approximate surface area is 139 Å². The van der Waals surface area contributed by atoms with E-state index in [9.17, 15) is 9.59 Å². The second-order valence-electron chi connectivity index (χ2n) is 5.54. The van der Waals surface area contributed by atoms with E-state index < -0.39 is 0 Å². The molecule has 3 N–H and O–H groups in total. The van der Waals surface area contributed by atoms with E-state index in [4.69, 9.17) is 5.73 Å². The predicted octanol–water partition coefficient (Wildman–Crippen LogP) is -0.574. The molecule has 0 aliphatic carbocycles. The molecular weight excluding hydrogens is 303 g/mol. The predicted molar refractivity (Wildman–Crippen MR) is 96.6 cm³/mol. The van der Waals surface area contributed by atoms with Gasteiger partial charge in [0.2, 0.25) is 5.91 Å². The second kappa shape index (κ2) is 6.68. The Balaban J connectivity index is 1.98. The third kappa shape index (κ3) is 3.07. The summed E-state index contributed by atoms with van der Waals surface area (Å²) in [5.41, 5.74) is 10.4. The highest BCUT2D eigenvalue weighted by atomic mass is 16.2. The van der Waals surface area contributed by atoms with Gasteiger partial charge in [-0.25, -0.2) is 9.66 Å². The summed E-state index contributed by atoms with van der Waals surface area (Å²) in [5.74, 6) is 0.0232. The number of benzene rings is 2. The van der Waals surface area contributed by atoms with Gasteiger partial charge in [-0.2, -0.15) is 0 Å². The van der Waals surface area contributed by atoms with Gasteiger partial charge in [-0.05, 0) is 11.6 Å². The smallest absolute Gasteiger partial charge is 0.280 e. The van der Waals surface area contributed by atoms with Gasteiger partial charge in [-0.1, -0.05) is 47.9 Å². The van der Waals surface area contributed by atoms with Crippen LogP contribution in [0.3, 0.4) is 0 Å². The number of fused-ring (bicyclic) bond motifs is 1. The maximum absolute atomic E-state index is 12.7. The maximum Gasteiger partial charge on any atom is 0.280 e. The van der Waals surface area contributed by atoms with Gasteiger partial charge in [0.1, 0.15) is 13.7 Å². The van der Waals surface area contributed by atoms with Crippen LogP contribution in [0.5, 0.6) is 0 Å². The van der Waals surface area contributed by atoms with Crippen LogP contribution in [0.15, 0.2) is 53.3 Å². The topological polar surface area (TPSA) is 90.0 Å². The zero-order valence-corrected chi connectivity index (χ0v) is 13.3. The summed E-state index contributed by atoms with van der Waals surface area (Å²) in [5, 5.41) is 0.451. The SMILES string of the molecule is Bc1cccc2c(=O)n(NC(=O)Cc3ccccc3)c(CN)nc12. The summed E-state index contributed by atoms with van der Waals surface area (Å²) < 4.78 is 1.15. The number of rotatable bonds is 4. The quantitative estimate of drug-likeness (QED) is 0.630. The molecule has 0 bridgehead atoms. The molecule has 0 aliphatic heterocycles. The summed E-state index contributed by atoms with van der Waals surface area (Å²) in [7, 11) is 1.88. The maximum atomic E-state index is 12.7. The number of aromatic nitrogens is 2. The number of hydrogen-bond acceptors (Lipinski definition) is 4. The number of nitrogens with zero attached hydrogens (tertiary/aromatic N) is 2. The first-order chi connectivity index (χ1) is 11.6. The molecular formula is C17H17BN4O2. The van der Waals surface area contributed by atoms with Crippen LogP contribution in [0.2, 0.25) is 0 Å². The van der Waals surface area contributed by atoms with Gasteiger partial charge in [0.25, 0.3) is 5.56 Å². The summed E-state index contributed by atoms with van der Waals surface area (Å²) in [6.07, 6.45) is 0.170. The van der Waals surface area contributed by atoms with Crippen molar-refractivity contribution in [1.82, 2.24) is 9.66 Å². The van der Waals surface area contributed by atoms with Crippen molar-refractivity contribution in [3.63, 3.8) is 0 Å². The minimum absolute atomic E-state index is 0.0468. The van der Waals surface area contributed by atoms with E-state index in [1.807, 2.05) is 44.2 Å². The van der Waals surface area contributed by atoms with E-state index in [0.717, 1.165) is 15.7 Å². The number of nitrogens with two attached hydrogens (primary N) is 1. The van der Waals surface area contributed by atoms with Gasteiger partial charge in [0, 0.05) is 0 Å². The summed E-state index contributed by atoms with van der Waals surface area (Å²) in [6, 6.07) is 14.7. The van der Waals surface area contributed by atoms with E-state index in [1.54, 1.807) is 12.1 Å². The fourth-order valence-corrected chi connectivity index (χ4v) is 2.59.